The van der Waals surface area contributed by atoms with E-state index in [0.29, 0.717) is 11.0 Å². The number of oxazole rings is 1. The summed E-state index contributed by atoms with van der Waals surface area (Å²) in [5.74, 6) is 0. The maximum atomic E-state index is 5.90. The van der Waals surface area contributed by atoms with Crippen molar-refractivity contribution in [3.63, 3.8) is 0 Å². The lowest BCUT2D eigenvalue weighted by Gasteiger charge is -2.20. The molecule has 1 aliphatic rings. The summed E-state index contributed by atoms with van der Waals surface area (Å²) in [7, 11) is 0. The molecule has 4 heteroatoms. The molecule has 0 amide bonds. The van der Waals surface area contributed by atoms with E-state index in [1.165, 1.54) is 0 Å². The van der Waals surface area contributed by atoms with E-state index in [4.69, 9.17) is 16.0 Å². The molecular formula is C12H11ClN2O. The van der Waals surface area contributed by atoms with Crippen LogP contribution in [0, 0.1) is 0 Å². The van der Waals surface area contributed by atoms with Gasteiger partial charge in [0.15, 0.2) is 5.58 Å². The van der Waals surface area contributed by atoms with Crippen molar-refractivity contribution in [3.8, 4) is 0 Å². The summed E-state index contributed by atoms with van der Waals surface area (Å²) in [6.45, 7) is 1.82. The van der Waals surface area contributed by atoms with Gasteiger partial charge >= 0.3 is 0 Å². The number of rotatable bonds is 1. The highest BCUT2D eigenvalue weighted by Gasteiger charge is 2.14. The van der Waals surface area contributed by atoms with E-state index >= 15 is 0 Å². The van der Waals surface area contributed by atoms with Crippen LogP contribution in [0.5, 0.6) is 0 Å². The van der Waals surface area contributed by atoms with Crippen LogP contribution in [0.25, 0.3) is 11.1 Å². The molecule has 0 atom stereocenters. The molecule has 2 aromatic rings. The summed E-state index contributed by atoms with van der Waals surface area (Å²) in [4.78, 5) is 6.56. The minimum absolute atomic E-state index is 0.675. The van der Waals surface area contributed by atoms with Crippen LogP contribution in [0.15, 0.2) is 34.8 Å². The van der Waals surface area contributed by atoms with Crippen molar-refractivity contribution in [2.24, 2.45) is 0 Å². The Labute approximate surface area is 98.3 Å². The second-order valence-electron chi connectivity index (χ2n) is 3.81. The molecule has 0 N–H and O–H groups in total. The van der Waals surface area contributed by atoms with Crippen LogP contribution in [0.2, 0.25) is 5.02 Å². The number of anilines is 1. The van der Waals surface area contributed by atoms with Crippen molar-refractivity contribution in [3.05, 3.63) is 35.4 Å². The monoisotopic (exact) mass is 234 g/mol. The highest BCUT2D eigenvalue weighted by atomic mass is 35.5. The molecule has 0 unspecified atom stereocenters. The van der Waals surface area contributed by atoms with Gasteiger partial charge in [-0.05, 0) is 18.6 Å². The number of halogens is 1. The Balaban J connectivity index is 2.01. The Morgan fingerprint density at radius 1 is 1.31 bits per heavy atom. The predicted molar refractivity (Wildman–Crippen MR) is 65.0 cm³/mol. The van der Waals surface area contributed by atoms with Crippen LogP contribution >= 0.6 is 11.6 Å². The minimum Gasteiger partial charge on any atom is -0.423 e. The third kappa shape index (κ3) is 1.67. The van der Waals surface area contributed by atoms with Crippen LogP contribution in [0.4, 0.5) is 6.01 Å². The zero-order valence-corrected chi connectivity index (χ0v) is 9.44. The average Bonchev–Trinajstić information content (AvgIpc) is 2.73. The van der Waals surface area contributed by atoms with Crippen molar-refractivity contribution < 1.29 is 4.42 Å². The largest absolute Gasteiger partial charge is 0.423 e. The summed E-state index contributed by atoms with van der Waals surface area (Å²) in [5.41, 5.74) is 1.60. The van der Waals surface area contributed by atoms with E-state index in [-0.39, 0.29) is 0 Å². The summed E-state index contributed by atoms with van der Waals surface area (Å²) in [6, 6.07) is 6.19. The molecular weight excluding hydrogens is 224 g/mol. The highest BCUT2D eigenvalue weighted by Crippen LogP contribution is 2.25. The topological polar surface area (TPSA) is 29.3 Å². The SMILES string of the molecule is Clc1ccc2nc(N3CC=CCC3)oc2c1. The quantitative estimate of drug-likeness (QED) is 0.710. The van der Waals surface area contributed by atoms with Crippen LogP contribution in [0.3, 0.4) is 0 Å². The van der Waals surface area contributed by atoms with Gasteiger partial charge in [-0.15, -0.1) is 0 Å². The molecule has 1 aromatic carbocycles. The van der Waals surface area contributed by atoms with E-state index in [2.05, 4.69) is 22.0 Å². The molecule has 1 aliphatic heterocycles. The maximum Gasteiger partial charge on any atom is 0.298 e. The molecule has 2 heterocycles. The molecule has 0 saturated carbocycles. The van der Waals surface area contributed by atoms with Gasteiger partial charge in [0.25, 0.3) is 6.01 Å². The molecule has 82 valence electrons. The van der Waals surface area contributed by atoms with Crippen molar-refractivity contribution in [1.82, 2.24) is 4.98 Å². The van der Waals surface area contributed by atoms with Gasteiger partial charge in [0.2, 0.25) is 0 Å². The smallest absolute Gasteiger partial charge is 0.298 e. The fraction of sp³-hybridized carbons (Fsp3) is 0.250. The Morgan fingerprint density at radius 3 is 3.06 bits per heavy atom. The summed E-state index contributed by atoms with van der Waals surface area (Å²) in [6.07, 6.45) is 5.35. The highest BCUT2D eigenvalue weighted by molar-refractivity contribution is 6.31. The van der Waals surface area contributed by atoms with Gasteiger partial charge in [-0.3, -0.25) is 0 Å². The lowest BCUT2D eigenvalue weighted by Crippen LogP contribution is -2.26. The molecule has 3 rings (SSSR count). The third-order valence-electron chi connectivity index (χ3n) is 2.67. The van der Waals surface area contributed by atoms with Crippen LogP contribution in [0.1, 0.15) is 6.42 Å². The van der Waals surface area contributed by atoms with E-state index in [1.54, 1.807) is 6.07 Å². The minimum atomic E-state index is 0.675. The van der Waals surface area contributed by atoms with Crippen molar-refractivity contribution in [2.75, 3.05) is 18.0 Å². The van der Waals surface area contributed by atoms with Crippen molar-refractivity contribution >= 4 is 28.7 Å². The first-order chi connectivity index (χ1) is 7.83. The first-order valence-corrected chi connectivity index (χ1v) is 5.67. The zero-order chi connectivity index (χ0) is 11.0. The van der Waals surface area contributed by atoms with Crippen molar-refractivity contribution in [1.29, 1.82) is 0 Å². The Morgan fingerprint density at radius 2 is 2.25 bits per heavy atom. The number of fused-ring (bicyclic) bond motifs is 1. The second-order valence-corrected chi connectivity index (χ2v) is 4.25. The third-order valence-corrected chi connectivity index (χ3v) is 2.90. The van der Waals surface area contributed by atoms with Crippen molar-refractivity contribution in [2.45, 2.75) is 6.42 Å². The molecule has 0 bridgehead atoms. The molecule has 0 radical (unpaired) electrons. The van der Waals surface area contributed by atoms with Gasteiger partial charge in [0.05, 0.1) is 0 Å². The summed E-state index contributed by atoms with van der Waals surface area (Å²) in [5, 5.41) is 0.675. The lowest BCUT2D eigenvalue weighted by molar-refractivity contribution is 0.572. The second kappa shape index (κ2) is 3.83. The van der Waals surface area contributed by atoms with Crippen LogP contribution < -0.4 is 4.90 Å². The summed E-state index contributed by atoms with van der Waals surface area (Å²) < 4.78 is 5.68. The molecule has 0 saturated heterocycles. The standard InChI is InChI=1S/C12H11ClN2O/c13-9-4-5-10-11(8-9)16-12(14-10)15-6-2-1-3-7-15/h1-2,4-5,8H,3,6-7H2. The van der Waals surface area contributed by atoms with Gasteiger partial charge in [-0.25, -0.2) is 0 Å². The van der Waals surface area contributed by atoms with E-state index in [1.807, 2.05) is 12.1 Å². The molecule has 0 spiro atoms. The van der Waals surface area contributed by atoms with Gasteiger partial charge in [0, 0.05) is 24.2 Å². The molecule has 16 heavy (non-hydrogen) atoms. The zero-order valence-electron chi connectivity index (χ0n) is 8.69. The van der Waals surface area contributed by atoms with Crippen LogP contribution in [-0.4, -0.2) is 18.1 Å². The Kier molecular flexibility index (Phi) is 2.33. The lowest BCUT2D eigenvalue weighted by atomic mass is 10.3. The normalized spacial score (nSPS) is 15.9. The molecule has 3 nitrogen and oxygen atoms in total. The fourth-order valence-electron chi connectivity index (χ4n) is 1.84. The van der Waals surface area contributed by atoms with Gasteiger partial charge < -0.3 is 9.32 Å². The van der Waals surface area contributed by atoms with Gasteiger partial charge in [0.1, 0.15) is 5.52 Å². The van der Waals surface area contributed by atoms with E-state index < -0.39 is 0 Å². The van der Waals surface area contributed by atoms with E-state index in [9.17, 15) is 0 Å². The first-order valence-electron chi connectivity index (χ1n) is 5.29. The maximum absolute atomic E-state index is 5.90. The fourth-order valence-corrected chi connectivity index (χ4v) is 2.00. The first kappa shape index (κ1) is 9.73. The number of benzene rings is 1. The van der Waals surface area contributed by atoms with Gasteiger partial charge in [-0.1, -0.05) is 23.8 Å². The van der Waals surface area contributed by atoms with E-state index in [0.717, 1.165) is 30.6 Å². The Hall–Kier alpha value is -1.48. The number of hydrogen-bond acceptors (Lipinski definition) is 3. The molecule has 0 aliphatic carbocycles. The Bertz CT molecular complexity index is 547. The van der Waals surface area contributed by atoms with Gasteiger partial charge in [-0.2, -0.15) is 4.98 Å². The number of nitrogens with zero attached hydrogens (tertiary/aromatic N) is 2. The number of hydrogen-bond donors (Lipinski definition) is 0. The predicted octanol–water partition coefficient (Wildman–Crippen LogP) is 3.25. The van der Waals surface area contributed by atoms with Crippen LogP contribution in [-0.2, 0) is 0 Å². The molecule has 1 aromatic heterocycles. The number of aromatic nitrogens is 1. The molecule has 0 fully saturated rings. The summed E-state index contributed by atoms with van der Waals surface area (Å²) >= 11 is 5.90. The average molecular weight is 235 g/mol.